The fourth-order valence-electron chi connectivity index (χ4n) is 4.18. The van der Waals surface area contributed by atoms with E-state index in [9.17, 15) is 4.79 Å². The number of amides is 1. The Hall–Kier alpha value is -4.65. The molecule has 0 saturated heterocycles. The molecular weight excluding hydrogens is 448 g/mol. The fourth-order valence-corrected chi connectivity index (χ4v) is 4.18. The van der Waals surface area contributed by atoms with Crippen molar-refractivity contribution in [3.63, 3.8) is 0 Å². The van der Waals surface area contributed by atoms with Gasteiger partial charge in [-0.25, -0.2) is 4.98 Å². The van der Waals surface area contributed by atoms with E-state index in [-0.39, 0.29) is 5.91 Å². The summed E-state index contributed by atoms with van der Waals surface area (Å²) in [5, 5.41) is 10.7. The Kier molecular flexibility index (Phi) is 6.36. The van der Waals surface area contributed by atoms with Gasteiger partial charge in [0.25, 0.3) is 0 Å². The largest absolute Gasteiger partial charge is 0.350 e. The van der Waals surface area contributed by atoms with Gasteiger partial charge in [0.1, 0.15) is 5.82 Å². The molecule has 3 N–H and O–H groups in total. The summed E-state index contributed by atoms with van der Waals surface area (Å²) < 4.78 is 2.05. The van der Waals surface area contributed by atoms with E-state index >= 15 is 0 Å². The van der Waals surface area contributed by atoms with Crippen molar-refractivity contribution in [1.29, 1.82) is 0 Å². The van der Waals surface area contributed by atoms with Gasteiger partial charge in [-0.2, -0.15) is 4.98 Å². The number of para-hydroxylation sites is 1. The Balaban J connectivity index is 1.23. The van der Waals surface area contributed by atoms with Crippen molar-refractivity contribution >= 4 is 45.6 Å². The van der Waals surface area contributed by atoms with Gasteiger partial charge in [-0.05, 0) is 61.9 Å². The first-order valence-electron chi connectivity index (χ1n) is 11.8. The Labute approximate surface area is 210 Å². The SMILES string of the molecule is Cc1ccc(Nc2nc(C)cc(Nc3ccc(NC(=O)Cc4cn(C)c5ccccc45)cc3)n2)cc1. The molecule has 0 aliphatic heterocycles. The van der Waals surface area contributed by atoms with Crippen LogP contribution in [-0.2, 0) is 18.3 Å². The number of anilines is 5. The highest BCUT2D eigenvalue weighted by molar-refractivity contribution is 5.96. The van der Waals surface area contributed by atoms with Crippen LogP contribution in [0.3, 0.4) is 0 Å². The zero-order valence-corrected chi connectivity index (χ0v) is 20.5. The molecular formula is C29H28N6O. The summed E-state index contributed by atoms with van der Waals surface area (Å²) in [5.74, 6) is 1.16. The van der Waals surface area contributed by atoms with E-state index in [1.54, 1.807) is 0 Å². The standard InChI is InChI=1S/C29H28N6O/c1-19-8-10-24(11-9-19)33-29-30-20(2)16-27(34-29)31-22-12-14-23(15-13-22)32-28(36)17-21-18-35(3)26-7-5-4-6-25(21)26/h4-16,18H,17H2,1-3H3,(H,32,36)(H2,30,31,33,34). The highest BCUT2D eigenvalue weighted by Gasteiger charge is 2.11. The monoisotopic (exact) mass is 476 g/mol. The quantitative estimate of drug-likeness (QED) is 0.258. The van der Waals surface area contributed by atoms with Gasteiger partial charge in [0.15, 0.2) is 0 Å². The molecule has 0 aliphatic carbocycles. The molecule has 0 aliphatic rings. The average Bonchev–Trinajstić information content (AvgIpc) is 3.16. The normalized spacial score (nSPS) is 10.9. The second kappa shape index (κ2) is 9.92. The molecule has 3 aromatic carbocycles. The second-order valence-corrected chi connectivity index (χ2v) is 8.92. The number of carbonyl (C=O) groups is 1. The zero-order chi connectivity index (χ0) is 25.1. The first-order valence-corrected chi connectivity index (χ1v) is 11.8. The van der Waals surface area contributed by atoms with Crippen LogP contribution in [0.5, 0.6) is 0 Å². The second-order valence-electron chi connectivity index (χ2n) is 8.92. The number of hydrogen-bond acceptors (Lipinski definition) is 5. The van der Waals surface area contributed by atoms with Gasteiger partial charge in [-0.3, -0.25) is 4.79 Å². The van der Waals surface area contributed by atoms with Crippen LogP contribution in [-0.4, -0.2) is 20.4 Å². The third kappa shape index (κ3) is 5.36. The van der Waals surface area contributed by atoms with Crippen molar-refractivity contribution in [2.45, 2.75) is 20.3 Å². The highest BCUT2D eigenvalue weighted by Crippen LogP contribution is 2.23. The predicted molar refractivity (Wildman–Crippen MR) is 146 cm³/mol. The summed E-state index contributed by atoms with van der Waals surface area (Å²) in [6.45, 7) is 3.98. The van der Waals surface area contributed by atoms with Gasteiger partial charge >= 0.3 is 0 Å². The summed E-state index contributed by atoms with van der Waals surface area (Å²) in [7, 11) is 2.00. The van der Waals surface area contributed by atoms with Crippen LogP contribution in [0.1, 0.15) is 16.8 Å². The molecule has 0 radical (unpaired) electrons. The lowest BCUT2D eigenvalue weighted by atomic mass is 10.1. The van der Waals surface area contributed by atoms with Crippen LogP contribution < -0.4 is 16.0 Å². The molecule has 0 unspecified atom stereocenters. The van der Waals surface area contributed by atoms with Crippen molar-refractivity contribution in [3.8, 4) is 0 Å². The summed E-state index contributed by atoms with van der Waals surface area (Å²) >= 11 is 0. The first-order chi connectivity index (χ1) is 17.4. The Morgan fingerprint density at radius 1 is 0.833 bits per heavy atom. The number of fused-ring (bicyclic) bond motifs is 1. The van der Waals surface area contributed by atoms with Crippen molar-refractivity contribution in [3.05, 3.63) is 102 Å². The number of aryl methyl sites for hydroxylation is 3. The third-order valence-electron chi connectivity index (χ3n) is 5.93. The molecule has 5 rings (SSSR count). The lowest BCUT2D eigenvalue weighted by molar-refractivity contribution is -0.115. The molecule has 180 valence electrons. The molecule has 0 saturated carbocycles. The smallest absolute Gasteiger partial charge is 0.229 e. The van der Waals surface area contributed by atoms with Crippen molar-refractivity contribution < 1.29 is 4.79 Å². The van der Waals surface area contributed by atoms with E-state index in [0.29, 0.717) is 18.2 Å². The fraction of sp³-hybridized carbons (Fsp3) is 0.138. The topological polar surface area (TPSA) is 83.9 Å². The van der Waals surface area contributed by atoms with Crippen LogP contribution >= 0.6 is 0 Å². The zero-order valence-electron chi connectivity index (χ0n) is 20.5. The number of rotatable bonds is 7. The van der Waals surface area contributed by atoms with Crippen molar-refractivity contribution in [2.75, 3.05) is 16.0 Å². The first kappa shape index (κ1) is 23.1. The van der Waals surface area contributed by atoms with E-state index in [0.717, 1.165) is 39.2 Å². The molecule has 0 bridgehead atoms. The third-order valence-corrected chi connectivity index (χ3v) is 5.93. The maximum absolute atomic E-state index is 12.7. The molecule has 0 atom stereocenters. The minimum absolute atomic E-state index is 0.0506. The number of hydrogen-bond donors (Lipinski definition) is 3. The van der Waals surface area contributed by atoms with Crippen LogP contribution in [0.4, 0.5) is 28.8 Å². The Morgan fingerprint density at radius 2 is 1.50 bits per heavy atom. The lowest BCUT2D eigenvalue weighted by Crippen LogP contribution is -2.14. The number of carbonyl (C=O) groups excluding carboxylic acids is 1. The van der Waals surface area contributed by atoms with Crippen LogP contribution in [0.25, 0.3) is 10.9 Å². The summed E-state index contributed by atoms with van der Waals surface area (Å²) in [5.41, 5.74) is 6.71. The maximum Gasteiger partial charge on any atom is 0.229 e. The van der Waals surface area contributed by atoms with Crippen LogP contribution in [0.15, 0.2) is 85.1 Å². The molecule has 0 spiro atoms. The molecule has 36 heavy (non-hydrogen) atoms. The Bertz CT molecular complexity index is 1520. The molecule has 5 aromatic rings. The van der Waals surface area contributed by atoms with Crippen molar-refractivity contribution in [2.24, 2.45) is 7.05 Å². The van der Waals surface area contributed by atoms with Gasteiger partial charge < -0.3 is 20.5 Å². The van der Waals surface area contributed by atoms with Gasteiger partial charge in [0.2, 0.25) is 11.9 Å². The summed E-state index contributed by atoms with van der Waals surface area (Å²) in [4.78, 5) is 21.8. The summed E-state index contributed by atoms with van der Waals surface area (Å²) in [6, 6.07) is 25.7. The highest BCUT2D eigenvalue weighted by atomic mass is 16.1. The number of benzene rings is 3. The minimum atomic E-state index is -0.0506. The summed E-state index contributed by atoms with van der Waals surface area (Å²) in [6.07, 6.45) is 2.33. The average molecular weight is 477 g/mol. The van der Waals surface area contributed by atoms with E-state index in [4.69, 9.17) is 0 Å². The van der Waals surface area contributed by atoms with E-state index in [2.05, 4.69) is 49.5 Å². The molecule has 7 nitrogen and oxygen atoms in total. The van der Waals surface area contributed by atoms with E-state index in [1.165, 1.54) is 5.56 Å². The van der Waals surface area contributed by atoms with E-state index in [1.807, 2.05) is 86.9 Å². The van der Waals surface area contributed by atoms with E-state index < -0.39 is 0 Å². The van der Waals surface area contributed by atoms with Gasteiger partial charge in [0.05, 0.1) is 6.42 Å². The minimum Gasteiger partial charge on any atom is -0.350 e. The Morgan fingerprint density at radius 3 is 2.28 bits per heavy atom. The maximum atomic E-state index is 12.7. The number of nitrogens with one attached hydrogen (secondary N) is 3. The number of aromatic nitrogens is 3. The molecule has 1 amide bonds. The number of nitrogens with zero attached hydrogens (tertiary/aromatic N) is 3. The lowest BCUT2D eigenvalue weighted by Gasteiger charge is -2.11. The van der Waals surface area contributed by atoms with Crippen LogP contribution in [0.2, 0.25) is 0 Å². The molecule has 2 aromatic heterocycles. The predicted octanol–water partition coefficient (Wildman–Crippen LogP) is 6.25. The van der Waals surface area contributed by atoms with Gasteiger partial charge in [-0.15, -0.1) is 0 Å². The van der Waals surface area contributed by atoms with Crippen molar-refractivity contribution in [1.82, 2.24) is 14.5 Å². The molecule has 0 fully saturated rings. The van der Waals surface area contributed by atoms with Crippen LogP contribution in [0, 0.1) is 13.8 Å². The van der Waals surface area contributed by atoms with Gasteiger partial charge in [-0.1, -0.05) is 35.9 Å². The molecule has 2 heterocycles. The molecule has 7 heteroatoms. The van der Waals surface area contributed by atoms with Gasteiger partial charge in [0, 0.05) is 53.0 Å².